The number of pyridine rings is 1. The number of aliphatic hydroxyl groups is 1. The molecule has 1 aliphatic rings. The molecule has 3 heterocycles. The van der Waals surface area contributed by atoms with Crippen LogP contribution in [0.1, 0.15) is 30.7 Å². The van der Waals surface area contributed by atoms with Gasteiger partial charge in [0.2, 0.25) is 0 Å². The molecule has 3 aromatic rings. The highest BCUT2D eigenvalue weighted by atomic mass is 16.5. The Kier molecular flexibility index (Phi) is 5.44. The second-order valence-corrected chi connectivity index (χ2v) is 7.00. The molecule has 1 fully saturated rings. The number of piperidine rings is 1. The molecule has 0 spiro atoms. The van der Waals surface area contributed by atoms with Crippen molar-refractivity contribution in [1.29, 1.82) is 0 Å². The number of anilines is 1. The monoisotopic (exact) mass is 364 g/mol. The number of nitrogens with zero attached hydrogens (tertiary/aromatic N) is 4. The van der Waals surface area contributed by atoms with Crippen LogP contribution in [0.4, 0.5) is 5.82 Å². The molecule has 0 amide bonds. The summed E-state index contributed by atoms with van der Waals surface area (Å²) in [7, 11) is 0. The van der Waals surface area contributed by atoms with Gasteiger partial charge in [0.1, 0.15) is 5.82 Å². The SMILES string of the molecule is O[C@@H]1CCCN(c2ccc(-c3nc(CCCc4ccccc4)no3)cn2)C1. The molecular weight excluding hydrogens is 340 g/mol. The molecule has 0 saturated carbocycles. The van der Waals surface area contributed by atoms with Gasteiger partial charge in [0, 0.05) is 25.7 Å². The Morgan fingerprint density at radius 2 is 2.00 bits per heavy atom. The molecule has 6 nitrogen and oxygen atoms in total. The lowest BCUT2D eigenvalue weighted by Crippen LogP contribution is -2.38. The first kappa shape index (κ1) is 17.7. The summed E-state index contributed by atoms with van der Waals surface area (Å²) < 4.78 is 5.40. The number of hydrogen-bond donors (Lipinski definition) is 1. The molecule has 4 rings (SSSR count). The van der Waals surface area contributed by atoms with E-state index in [4.69, 9.17) is 4.52 Å². The Morgan fingerprint density at radius 1 is 1.11 bits per heavy atom. The van der Waals surface area contributed by atoms with Crippen LogP contribution in [-0.4, -0.2) is 39.4 Å². The number of aliphatic hydroxyl groups excluding tert-OH is 1. The topological polar surface area (TPSA) is 75.3 Å². The molecule has 0 bridgehead atoms. The lowest BCUT2D eigenvalue weighted by Gasteiger charge is -2.30. The van der Waals surface area contributed by atoms with Crippen molar-refractivity contribution in [2.24, 2.45) is 0 Å². The normalized spacial score (nSPS) is 17.2. The van der Waals surface area contributed by atoms with Crippen molar-refractivity contribution in [2.45, 2.75) is 38.2 Å². The van der Waals surface area contributed by atoms with Gasteiger partial charge in [-0.2, -0.15) is 4.98 Å². The van der Waals surface area contributed by atoms with E-state index in [0.29, 0.717) is 12.4 Å². The van der Waals surface area contributed by atoms with Crippen molar-refractivity contribution >= 4 is 5.82 Å². The minimum absolute atomic E-state index is 0.269. The highest BCUT2D eigenvalue weighted by molar-refractivity contribution is 5.54. The van der Waals surface area contributed by atoms with Gasteiger partial charge in [0.15, 0.2) is 5.82 Å². The van der Waals surface area contributed by atoms with Crippen LogP contribution in [0.5, 0.6) is 0 Å². The average Bonchev–Trinajstić information content (AvgIpc) is 3.18. The van der Waals surface area contributed by atoms with Crippen LogP contribution in [0.25, 0.3) is 11.5 Å². The molecule has 140 valence electrons. The standard InChI is InChI=1S/C21H24N4O2/c26-18-9-5-13-25(15-18)20-12-11-17(14-22-20)21-23-19(24-27-21)10-4-8-16-6-2-1-3-7-16/h1-3,6-7,11-12,14,18,26H,4-5,8-10,13,15H2/t18-/m1/s1. The smallest absolute Gasteiger partial charge is 0.259 e. The fraction of sp³-hybridized carbons (Fsp3) is 0.381. The van der Waals surface area contributed by atoms with Gasteiger partial charge in [-0.3, -0.25) is 0 Å². The molecule has 1 aromatic carbocycles. The molecule has 1 aliphatic heterocycles. The first-order valence-electron chi connectivity index (χ1n) is 9.54. The Hall–Kier alpha value is -2.73. The zero-order valence-electron chi connectivity index (χ0n) is 15.3. The highest BCUT2D eigenvalue weighted by Crippen LogP contribution is 2.22. The van der Waals surface area contributed by atoms with Crippen molar-refractivity contribution < 1.29 is 9.63 Å². The predicted molar refractivity (Wildman–Crippen MR) is 103 cm³/mol. The van der Waals surface area contributed by atoms with Crippen molar-refractivity contribution in [1.82, 2.24) is 15.1 Å². The molecular formula is C21H24N4O2. The van der Waals surface area contributed by atoms with Crippen molar-refractivity contribution in [3.63, 3.8) is 0 Å². The fourth-order valence-electron chi connectivity index (χ4n) is 3.43. The Bertz CT molecular complexity index is 848. The van der Waals surface area contributed by atoms with Crippen molar-refractivity contribution in [2.75, 3.05) is 18.0 Å². The Balaban J connectivity index is 1.35. The van der Waals surface area contributed by atoms with Crippen LogP contribution in [0, 0.1) is 0 Å². The van der Waals surface area contributed by atoms with Gasteiger partial charge in [0.05, 0.1) is 11.7 Å². The summed E-state index contributed by atoms with van der Waals surface area (Å²) in [6.07, 6.45) is 6.12. The number of benzene rings is 1. The number of aryl methyl sites for hydroxylation is 2. The van der Waals surface area contributed by atoms with E-state index in [2.05, 4.69) is 44.3 Å². The number of rotatable bonds is 6. The quantitative estimate of drug-likeness (QED) is 0.723. The maximum Gasteiger partial charge on any atom is 0.259 e. The zero-order valence-corrected chi connectivity index (χ0v) is 15.3. The van der Waals surface area contributed by atoms with E-state index in [0.717, 1.165) is 55.9 Å². The van der Waals surface area contributed by atoms with E-state index in [9.17, 15) is 5.11 Å². The lowest BCUT2D eigenvalue weighted by atomic mass is 10.1. The minimum Gasteiger partial charge on any atom is -0.391 e. The second kappa shape index (κ2) is 8.31. The first-order chi connectivity index (χ1) is 13.3. The summed E-state index contributed by atoms with van der Waals surface area (Å²) in [5.74, 6) is 2.10. The minimum atomic E-state index is -0.269. The Morgan fingerprint density at radius 3 is 2.78 bits per heavy atom. The number of hydrogen-bond acceptors (Lipinski definition) is 6. The fourth-order valence-corrected chi connectivity index (χ4v) is 3.43. The van der Waals surface area contributed by atoms with Crippen LogP contribution < -0.4 is 4.90 Å². The third kappa shape index (κ3) is 4.52. The molecule has 0 unspecified atom stereocenters. The molecule has 1 N–H and O–H groups in total. The maximum atomic E-state index is 9.82. The van der Waals surface area contributed by atoms with Crippen LogP contribution in [0.15, 0.2) is 53.2 Å². The summed E-state index contributed by atoms with van der Waals surface area (Å²) in [6, 6.07) is 14.3. The summed E-state index contributed by atoms with van der Waals surface area (Å²) in [6.45, 7) is 1.56. The predicted octanol–water partition coefficient (Wildman–Crippen LogP) is 3.27. The largest absolute Gasteiger partial charge is 0.391 e. The molecule has 2 aromatic heterocycles. The summed E-state index contributed by atoms with van der Waals surface area (Å²) in [4.78, 5) is 11.1. The zero-order chi connectivity index (χ0) is 18.5. The van der Waals surface area contributed by atoms with Gasteiger partial charge in [-0.1, -0.05) is 35.5 Å². The molecule has 1 saturated heterocycles. The van der Waals surface area contributed by atoms with E-state index in [1.165, 1.54) is 5.56 Å². The van der Waals surface area contributed by atoms with Gasteiger partial charge in [-0.05, 0) is 43.4 Å². The van der Waals surface area contributed by atoms with Crippen LogP contribution in [0.3, 0.4) is 0 Å². The van der Waals surface area contributed by atoms with E-state index in [-0.39, 0.29) is 6.10 Å². The van der Waals surface area contributed by atoms with E-state index < -0.39 is 0 Å². The van der Waals surface area contributed by atoms with E-state index in [1.54, 1.807) is 6.20 Å². The van der Waals surface area contributed by atoms with Gasteiger partial charge >= 0.3 is 0 Å². The molecule has 27 heavy (non-hydrogen) atoms. The Labute approximate surface area is 158 Å². The number of β-amino-alcohol motifs (C(OH)–C–C–N with tert-alkyl or cyclic N) is 1. The van der Waals surface area contributed by atoms with Gasteiger partial charge in [-0.15, -0.1) is 0 Å². The highest BCUT2D eigenvalue weighted by Gasteiger charge is 2.19. The van der Waals surface area contributed by atoms with E-state index >= 15 is 0 Å². The third-order valence-electron chi connectivity index (χ3n) is 4.89. The molecule has 0 aliphatic carbocycles. The summed E-state index contributed by atoms with van der Waals surface area (Å²) in [5.41, 5.74) is 2.14. The summed E-state index contributed by atoms with van der Waals surface area (Å²) in [5, 5.41) is 13.9. The van der Waals surface area contributed by atoms with Crippen LogP contribution in [-0.2, 0) is 12.8 Å². The molecule has 1 atom stereocenters. The van der Waals surface area contributed by atoms with Crippen LogP contribution >= 0.6 is 0 Å². The van der Waals surface area contributed by atoms with Crippen molar-refractivity contribution in [3.05, 3.63) is 60.0 Å². The summed E-state index contributed by atoms with van der Waals surface area (Å²) >= 11 is 0. The molecule has 6 heteroatoms. The van der Waals surface area contributed by atoms with Crippen LogP contribution in [0.2, 0.25) is 0 Å². The van der Waals surface area contributed by atoms with Gasteiger partial charge in [0.25, 0.3) is 5.89 Å². The molecule has 0 radical (unpaired) electrons. The first-order valence-corrected chi connectivity index (χ1v) is 9.54. The third-order valence-corrected chi connectivity index (χ3v) is 4.89. The number of aromatic nitrogens is 3. The van der Waals surface area contributed by atoms with E-state index in [1.807, 2.05) is 18.2 Å². The average molecular weight is 364 g/mol. The lowest BCUT2D eigenvalue weighted by molar-refractivity contribution is 0.154. The second-order valence-electron chi connectivity index (χ2n) is 7.00. The van der Waals surface area contributed by atoms with Gasteiger partial charge < -0.3 is 14.5 Å². The van der Waals surface area contributed by atoms with Gasteiger partial charge in [-0.25, -0.2) is 4.98 Å². The maximum absolute atomic E-state index is 9.82. The van der Waals surface area contributed by atoms with Crippen molar-refractivity contribution in [3.8, 4) is 11.5 Å².